The minimum atomic E-state index is -2.70. The second-order valence-electron chi connectivity index (χ2n) is 11.6. The molecule has 0 bridgehead atoms. The van der Waals surface area contributed by atoms with Gasteiger partial charge in [0.05, 0.1) is 24.8 Å². The van der Waals surface area contributed by atoms with E-state index in [1.807, 2.05) is 12.1 Å². The van der Waals surface area contributed by atoms with Crippen molar-refractivity contribution in [3.8, 4) is 28.7 Å². The van der Waals surface area contributed by atoms with Gasteiger partial charge in [0.25, 0.3) is 5.91 Å². The van der Waals surface area contributed by atoms with Crippen molar-refractivity contribution in [3.05, 3.63) is 63.9 Å². The highest BCUT2D eigenvalue weighted by atomic mass is 16.5. The summed E-state index contributed by atoms with van der Waals surface area (Å²) in [5, 5.41) is 57.3. The number of nitrogens with two attached hydrogens (primary N) is 1. The molecule has 0 unspecified atom stereocenters. The van der Waals surface area contributed by atoms with Crippen molar-refractivity contribution >= 4 is 23.2 Å². The number of nitrogens with one attached hydrogen (secondary N) is 1. The number of likely N-dealkylation sites (N-methyl/N-ethyl adjacent to an activating group) is 1. The van der Waals surface area contributed by atoms with E-state index in [-0.39, 0.29) is 29.7 Å². The number of rotatable bonds is 8. The first kappa shape index (κ1) is 30.7. The van der Waals surface area contributed by atoms with Gasteiger partial charge in [-0.2, -0.15) is 5.26 Å². The van der Waals surface area contributed by atoms with Crippen LogP contribution < -0.4 is 15.8 Å². The molecule has 0 spiro atoms. The smallest absolute Gasteiger partial charge is 0.255 e. The van der Waals surface area contributed by atoms with E-state index in [2.05, 4.69) is 11.4 Å². The predicted molar refractivity (Wildman–Crippen MR) is 158 cm³/mol. The molecule has 3 aliphatic rings. The molecule has 0 radical (unpaired) electrons. The van der Waals surface area contributed by atoms with Gasteiger partial charge >= 0.3 is 0 Å². The van der Waals surface area contributed by atoms with Gasteiger partial charge < -0.3 is 36.2 Å². The first-order valence-corrected chi connectivity index (χ1v) is 14.1. The summed E-state index contributed by atoms with van der Waals surface area (Å²) in [4.78, 5) is 41.0. The number of benzene rings is 2. The van der Waals surface area contributed by atoms with Gasteiger partial charge in [0.15, 0.2) is 11.4 Å². The number of phenols is 1. The summed E-state index contributed by atoms with van der Waals surface area (Å²) in [5.74, 6) is -6.49. The standard InChI is InChI=1S/C32H34N4O8/c1-36(2)26-20-13-16-12-19-17(18-11-15(5-8-22(18)44-3)14-35-10-4-9-33)6-7-21(37)24(19)27(38)23(16)29(40)32(20,43)30(41)25(28(26)39)31(34)42/h5-8,11,16,20,26,35,37-38,41,43H,4,10,12-14H2,1-3H3,(H2,34,42)/t16-,20-,26-,32-/m1/s1. The normalized spacial score (nSPS) is 24.5. The maximum absolute atomic E-state index is 14.1. The number of primary amides is 1. The second-order valence-corrected chi connectivity index (χ2v) is 11.6. The lowest BCUT2D eigenvalue weighted by Gasteiger charge is -2.50. The summed E-state index contributed by atoms with van der Waals surface area (Å²) in [6.45, 7) is 0.995. The third kappa shape index (κ3) is 4.61. The van der Waals surface area contributed by atoms with Crippen LogP contribution in [-0.4, -0.2) is 82.2 Å². The highest BCUT2D eigenvalue weighted by Gasteiger charge is 2.64. The molecule has 2 aromatic carbocycles. The van der Waals surface area contributed by atoms with E-state index >= 15 is 0 Å². The number of aliphatic hydroxyl groups is 3. The van der Waals surface area contributed by atoms with Gasteiger partial charge in [-0.3, -0.25) is 19.3 Å². The molecule has 1 fully saturated rings. The molecule has 5 rings (SSSR count). The van der Waals surface area contributed by atoms with Gasteiger partial charge in [-0.05, 0) is 67.7 Å². The number of methoxy groups -OCH3 is 1. The van der Waals surface area contributed by atoms with Gasteiger partial charge in [-0.1, -0.05) is 12.1 Å². The van der Waals surface area contributed by atoms with Crippen LogP contribution in [0.25, 0.3) is 16.9 Å². The molecule has 0 aliphatic heterocycles. The number of aromatic hydroxyl groups is 1. The average Bonchev–Trinajstić information content (AvgIpc) is 2.97. The number of Topliss-reactive ketones (excluding diaryl/α,β-unsaturated/α-hetero) is 2. The Morgan fingerprint density at radius 1 is 1.18 bits per heavy atom. The molecule has 0 aromatic heterocycles. The van der Waals surface area contributed by atoms with Crippen molar-refractivity contribution in [3.63, 3.8) is 0 Å². The quantitative estimate of drug-likeness (QED) is 0.189. The predicted octanol–water partition coefficient (Wildman–Crippen LogP) is 1.64. The molecule has 3 aliphatic carbocycles. The van der Waals surface area contributed by atoms with E-state index in [1.165, 1.54) is 18.1 Å². The van der Waals surface area contributed by atoms with Crippen molar-refractivity contribution in [2.45, 2.75) is 37.5 Å². The molecule has 44 heavy (non-hydrogen) atoms. The van der Waals surface area contributed by atoms with Crippen molar-refractivity contribution in [1.82, 2.24) is 10.2 Å². The topological polar surface area (TPSA) is 206 Å². The number of nitriles is 1. The van der Waals surface area contributed by atoms with Crippen molar-refractivity contribution in [2.24, 2.45) is 17.6 Å². The Kier molecular flexibility index (Phi) is 7.98. The van der Waals surface area contributed by atoms with Gasteiger partial charge in [-0.15, -0.1) is 0 Å². The molecule has 0 heterocycles. The maximum atomic E-state index is 14.1. The minimum Gasteiger partial charge on any atom is -0.508 e. The highest BCUT2D eigenvalue weighted by molar-refractivity contribution is 6.24. The zero-order valence-electron chi connectivity index (χ0n) is 24.5. The molecule has 230 valence electrons. The Labute approximate surface area is 253 Å². The van der Waals surface area contributed by atoms with E-state index in [4.69, 9.17) is 15.7 Å². The summed E-state index contributed by atoms with van der Waals surface area (Å²) >= 11 is 0. The Morgan fingerprint density at radius 3 is 2.55 bits per heavy atom. The Morgan fingerprint density at radius 2 is 1.91 bits per heavy atom. The molecule has 1 saturated carbocycles. The van der Waals surface area contributed by atoms with E-state index in [1.54, 1.807) is 26.2 Å². The summed E-state index contributed by atoms with van der Waals surface area (Å²) in [5.41, 5.74) is 4.35. The van der Waals surface area contributed by atoms with E-state index in [0.29, 0.717) is 42.0 Å². The monoisotopic (exact) mass is 602 g/mol. The van der Waals surface area contributed by atoms with Crippen LogP contribution in [0.3, 0.4) is 0 Å². The molecular weight excluding hydrogens is 568 g/mol. The van der Waals surface area contributed by atoms with Crippen LogP contribution in [0.15, 0.2) is 47.2 Å². The molecular formula is C32H34N4O8. The number of carbonyl (C=O) groups is 3. The fourth-order valence-corrected chi connectivity index (χ4v) is 6.95. The fourth-order valence-electron chi connectivity index (χ4n) is 6.95. The number of aliphatic hydroxyl groups excluding tert-OH is 2. The third-order valence-corrected chi connectivity index (χ3v) is 8.90. The van der Waals surface area contributed by atoms with E-state index in [9.17, 15) is 34.8 Å². The van der Waals surface area contributed by atoms with Crippen LogP contribution in [0.2, 0.25) is 0 Å². The lowest BCUT2D eigenvalue weighted by atomic mass is 9.57. The summed E-state index contributed by atoms with van der Waals surface area (Å²) in [6.07, 6.45) is 0.489. The lowest BCUT2D eigenvalue weighted by Crippen LogP contribution is -2.65. The molecule has 4 atom stereocenters. The van der Waals surface area contributed by atoms with Gasteiger partial charge in [-0.25, -0.2) is 0 Å². The largest absolute Gasteiger partial charge is 0.508 e. The SMILES string of the molecule is COc1ccc(CNCCC#N)cc1-c1ccc(O)c2c1C[C@@H]1C[C@@H]3[C@@H](N(C)C)C(=O)C(C(N)=O)=C(O)[C@]3(O)C(=O)C1=C2O. The molecule has 2 aromatic rings. The van der Waals surface area contributed by atoms with Crippen LogP contribution in [0.4, 0.5) is 0 Å². The fraction of sp³-hybridized carbons (Fsp3) is 0.375. The molecule has 0 saturated heterocycles. The number of ketones is 2. The summed E-state index contributed by atoms with van der Waals surface area (Å²) < 4.78 is 5.65. The minimum absolute atomic E-state index is 0.00149. The number of phenolic OH excluding ortho intramolecular Hbond substituents is 1. The molecule has 12 heteroatoms. The van der Waals surface area contributed by atoms with Crippen LogP contribution in [0.1, 0.15) is 29.5 Å². The number of ether oxygens (including phenoxy) is 1. The van der Waals surface area contributed by atoms with Crippen LogP contribution in [0.5, 0.6) is 11.5 Å². The number of hydrogen-bond donors (Lipinski definition) is 6. The Balaban J connectivity index is 1.67. The first-order valence-electron chi connectivity index (χ1n) is 14.1. The van der Waals surface area contributed by atoms with Crippen molar-refractivity contribution in [2.75, 3.05) is 27.7 Å². The number of hydrogen-bond acceptors (Lipinski definition) is 11. The second kappa shape index (κ2) is 11.4. The zero-order valence-corrected chi connectivity index (χ0v) is 24.5. The lowest BCUT2D eigenvalue weighted by molar-refractivity contribution is -0.153. The highest BCUT2D eigenvalue weighted by Crippen LogP contribution is 2.54. The molecule has 12 nitrogen and oxygen atoms in total. The average molecular weight is 603 g/mol. The maximum Gasteiger partial charge on any atom is 0.255 e. The van der Waals surface area contributed by atoms with Crippen molar-refractivity contribution in [1.29, 1.82) is 5.26 Å². The number of nitrogens with zero attached hydrogens (tertiary/aromatic N) is 2. The number of carbonyl (C=O) groups excluding carboxylic acids is 3. The number of amides is 1. The number of fused-ring (bicyclic) bond motifs is 3. The zero-order chi connectivity index (χ0) is 32.1. The third-order valence-electron chi connectivity index (χ3n) is 8.90. The van der Waals surface area contributed by atoms with Gasteiger partial charge in [0.2, 0.25) is 5.78 Å². The Bertz CT molecular complexity index is 1690. The van der Waals surface area contributed by atoms with Gasteiger partial charge in [0.1, 0.15) is 28.6 Å². The van der Waals surface area contributed by atoms with Crippen LogP contribution in [0, 0.1) is 23.2 Å². The van der Waals surface area contributed by atoms with E-state index in [0.717, 1.165) is 5.56 Å². The van der Waals surface area contributed by atoms with Gasteiger partial charge in [0, 0.05) is 36.6 Å². The molecule has 1 amide bonds. The summed E-state index contributed by atoms with van der Waals surface area (Å²) in [7, 11) is 4.63. The van der Waals surface area contributed by atoms with Crippen LogP contribution >= 0.6 is 0 Å². The van der Waals surface area contributed by atoms with Crippen LogP contribution in [-0.2, 0) is 27.3 Å². The summed E-state index contributed by atoms with van der Waals surface area (Å²) in [6, 6.07) is 9.58. The van der Waals surface area contributed by atoms with Crippen molar-refractivity contribution < 1.29 is 39.5 Å². The Hall–Kier alpha value is -4.70. The van der Waals surface area contributed by atoms with E-state index < -0.39 is 58.0 Å². The molecule has 7 N–H and O–H groups in total. The first-order chi connectivity index (χ1) is 20.9.